The van der Waals surface area contributed by atoms with Crippen LogP contribution in [0.25, 0.3) is 0 Å². The minimum Gasteiger partial charge on any atom is -0.388 e. The topological polar surface area (TPSA) is 75.1 Å². The predicted molar refractivity (Wildman–Crippen MR) is 67.1 cm³/mol. The van der Waals surface area contributed by atoms with Crippen LogP contribution in [0.15, 0.2) is 12.4 Å². The van der Waals surface area contributed by atoms with Crippen molar-refractivity contribution in [1.82, 2.24) is 15.3 Å². The molecule has 1 fully saturated rings. The third-order valence-electron chi connectivity index (χ3n) is 3.38. The number of aryl methyl sites for hydroxylation is 1. The summed E-state index contributed by atoms with van der Waals surface area (Å²) in [7, 11) is 0. The maximum absolute atomic E-state index is 11.8. The summed E-state index contributed by atoms with van der Waals surface area (Å²) >= 11 is 0. The molecule has 5 nitrogen and oxygen atoms in total. The molecule has 0 atom stereocenters. The quantitative estimate of drug-likeness (QED) is 0.844. The molecule has 0 radical (unpaired) electrons. The molecule has 2 rings (SSSR count). The van der Waals surface area contributed by atoms with E-state index in [9.17, 15) is 9.90 Å². The largest absolute Gasteiger partial charge is 0.388 e. The summed E-state index contributed by atoms with van der Waals surface area (Å²) in [6, 6.07) is 0. The van der Waals surface area contributed by atoms with E-state index in [1.165, 1.54) is 12.6 Å². The minimum absolute atomic E-state index is 0.276. The minimum atomic E-state index is -0.744. The van der Waals surface area contributed by atoms with Crippen molar-refractivity contribution in [2.24, 2.45) is 0 Å². The SMILES string of the molecule is Cc1cnc(C(=O)NCC2(O)CCCCC2)cn1. The van der Waals surface area contributed by atoms with Crippen LogP contribution in [0.2, 0.25) is 0 Å². The molecule has 5 heteroatoms. The number of amides is 1. The zero-order valence-electron chi connectivity index (χ0n) is 10.6. The number of aromatic nitrogens is 2. The van der Waals surface area contributed by atoms with Crippen LogP contribution >= 0.6 is 0 Å². The fourth-order valence-electron chi connectivity index (χ4n) is 2.23. The van der Waals surface area contributed by atoms with E-state index in [0.29, 0.717) is 12.2 Å². The number of nitrogens with one attached hydrogen (secondary N) is 1. The molecule has 0 bridgehead atoms. The van der Waals surface area contributed by atoms with Gasteiger partial charge in [-0.3, -0.25) is 9.78 Å². The first kappa shape index (κ1) is 13.0. The average molecular weight is 249 g/mol. The lowest BCUT2D eigenvalue weighted by Crippen LogP contribution is -2.44. The molecule has 1 saturated carbocycles. The van der Waals surface area contributed by atoms with Gasteiger partial charge < -0.3 is 10.4 Å². The number of hydrogen-bond donors (Lipinski definition) is 2. The van der Waals surface area contributed by atoms with Crippen LogP contribution < -0.4 is 5.32 Å². The van der Waals surface area contributed by atoms with Gasteiger partial charge in [-0.15, -0.1) is 0 Å². The normalized spacial score (nSPS) is 18.3. The molecule has 0 aliphatic heterocycles. The Hall–Kier alpha value is -1.49. The molecule has 0 unspecified atom stereocenters. The van der Waals surface area contributed by atoms with Crippen molar-refractivity contribution < 1.29 is 9.90 Å². The molecule has 0 spiro atoms. The lowest BCUT2D eigenvalue weighted by molar-refractivity contribution is 0.00520. The fraction of sp³-hybridized carbons (Fsp3) is 0.615. The van der Waals surface area contributed by atoms with E-state index < -0.39 is 5.60 Å². The van der Waals surface area contributed by atoms with Gasteiger partial charge in [0.05, 0.1) is 17.5 Å². The van der Waals surface area contributed by atoms with Gasteiger partial charge in [-0.25, -0.2) is 4.98 Å². The summed E-state index contributed by atoms with van der Waals surface area (Å²) < 4.78 is 0. The third kappa shape index (κ3) is 3.26. The van der Waals surface area contributed by atoms with Crippen LogP contribution in [-0.2, 0) is 0 Å². The lowest BCUT2D eigenvalue weighted by atomic mass is 9.85. The average Bonchev–Trinajstić information content (AvgIpc) is 2.38. The van der Waals surface area contributed by atoms with E-state index in [4.69, 9.17) is 0 Å². The fourth-order valence-corrected chi connectivity index (χ4v) is 2.23. The summed E-state index contributed by atoms with van der Waals surface area (Å²) in [5.41, 5.74) is 0.323. The molecule has 18 heavy (non-hydrogen) atoms. The van der Waals surface area contributed by atoms with Crippen molar-refractivity contribution in [3.63, 3.8) is 0 Å². The maximum atomic E-state index is 11.8. The molecule has 98 valence electrons. The van der Waals surface area contributed by atoms with E-state index in [-0.39, 0.29) is 5.91 Å². The van der Waals surface area contributed by atoms with Gasteiger partial charge in [-0.05, 0) is 19.8 Å². The second-order valence-corrected chi connectivity index (χ2v) is 5.01. The molecular formula is C13H19N3O2. The van der Waals surface area contributed by atoms with Crippen LogP contribution in [-0.4, -0.2) is 33.1 Å². The van der Waals surface area contributed by atoms with Crippen molar-refractivity contribution in [2.75, 3.05) is 6.54 Å². The first-order valence-corrected chi connectivity index (χ1v) is 6.38. The maximum Gasteiger partial charge on any atom is 0.271 e. The van der Waals surface area contributed by atoms with Crippen molar-refractivity contribution in [1.29, 1.82) is 0 Å². The smallest absolute Gasteiger partial charge is 0.271 e. The van der Waals surface area contributed by atoms with Gasteiger partial charge in [-0.1, -0.05) is 19.3 Å². The predicted octanol–water partition coefficient (Wildman–Crippen LogP) is 1.21. The van der Waals surface area contributed by atoms with Gasteiger partial charge in [0, 0.05) is 12.7 Å². The summed E-state index contributed by atoms with van der Waals surface area (Å²) in [5, 5.41) is 13.0. The van der Waals surface area contributed by atoms with Crippen molar-refractivity contribution in [2.45, 2.75) is 44.6 Å². The van der Waals surface area contributed by atoms with E-state index in [1.807, 2.05) is 6.92 Å². The van der Waals surface area contributed by atoms with Crippen LogP contribution in [0.3, 0.4) is 0 Å². The van der Waals surface area contributed by atoms with Crippen LogP contribution in [0.4, 0.5) is 0 Å². The molecule has 0 saturated heterocycles. The Morgan fingerprint density at radius 2 is 2.06 bits per heavy atom. The number of nitrogens with zero attached hydrogens (tertiary/aromatic N) is 2. The van der Waals surface area contributed by atoms with Gasteiger partial charge in [-0.2, -0.15) is 0 Å². The lowest BCUT2D eigenvalue weighted by Gasteiger charge is -2.32. The zero-order chi connectivity index (χ0) is 13.0. The molecule has 1 aliphatic rings. The second kappa shape index (κ2) is 5.44. The van der Waals surface area contributed by atoms with Crippen molar-refractivity contribution >= 4 is 5.91 Å². The Balaban J connectivity index is 1.89. The Kier molecular flexibility index (Phi) is 3.91. The van der Waals surface area contributed by atoms with E-state index in [2.05, 4.69) is 15.3 Å². The Morgan fingerprint density at radius 3 is 2.67 bits per heavy atom. The molecular weight excluding hydrogens is 230 g/mol. The molecule has 1 aliphatic carbocycles. The highest BCUT2D eigenvalue weighted by atomic mass is 16.3. The number of aliphatic hydroxyl groups is 1. The number of carbonyl (C=O) groups excluding carboxylic acids is 1. The first-order chi connectivity index (χ1) is 8.59. The Labute approximate surface area is 107 Å². The molecule has 1 amide bonds. The summed E-state index contributed by atoms with van der Waals surface area (Å²) in [6.07, 6.45) is 7.74. The second-order valence-electron chi connectivity index (χ2n) is 5.01. The zero-order valence-corrected chi connectivity index (χ0v) is 10.6. The summed E-state index contributed by atoms with van der Waals surface area (Å²) in [4.78, 5) is 19.9. The monoisotopic (exact) mass is 249 g/mol. The van der Waals surface area contributed by atoms with Gasteiger partial charge in [0.15, 0.2) is 0 Å². The third-order valence-corrected chi connectivity index (χ3v) is 3.38. The molecule has 1 aromatic heterocycles. The van der Waals surface area contributed by atoms with Gasteiger partial charge >= 0.3 is 0 Å². The Bertz CT molecular complexity index is 411. The highest BCUT2D eigenvalue weighted by Crippen LogP contribution is 2.27. The van der Waals surface area contributed by atoms with Crippen molar-refractivity contribution in [3.8, 4) is 0 Å². The Morgan fingerprint density at radius 1 is 1.33 bits per heavy atom. The standard InChI is InChI=1S/C13H19N3O2/c1-10-7-15-11(8-14-10)12(17)16-9-13(18)5-3-2-4-6-13/h7-8,18H,2-6,9H2,1H3,(H,16,17). The summed E-state index contributed by atoms with van der Waals surface area (Å²) in [6.45, 7) is 2.11. The van der Waals surface area contributed by atoms with E-state index in [1.54, 1.807) is 6.20 Å². The van der Waals surface area contributed by atoms with Crippen LogP contribution in [0.5, 0.6) is 0 Å². The number of hydrogen-bond acceptors (Lipinski definition) is 4. The van der Waals surface area contributed by atoms with Gasteiger partial charge in [0.2, 0.25) is 0 Å². The highest BCUT2D eigenvalue weighted by Gasteiger charge is 2.29. The molecule has 1 heterocycles. The van der Waals surface area contributed by atoms with E-state index >= 15 is 0 Å². The van der Waals surface area contributed by atoms with Gasteiger partial charge in [0.1, 0.15) is 5.69 Å². The first-order valence-electron chi connectivity index (χ1n) is 6.38. The highest BCUT2D eigenvalue weighted by molar-refractivity contribution is 5.91. The molecule has 2 N–H and O–H groups in total. The summed E-state index contributed by atoms with van der Waals surface area (Å²) in [5.74, 6) is -0.276. The molecule has 1 aromatic rings. The van der Waals surface area contributed by atoms with Crippen LogP contribution in [0, 0.1) is 6.92 Å². The molecule has 0 aromatic carbocycles. The van der Waals surface area contributed by atoms with E-state index in [0.717, 1.165) is 31.4 Å². The number of rotatable bonds is 3. The van der Waals surface area contributed by atoms with Gasteiger partial charge in [0.25, 0.3) is 5.91 Å². The van der Waals surface area contributed by atoms with Crippen LogP contribution in [0.1, 0.15) is 48.3 Å². The van der Waals surface area contributed by atoms with Crippen molar-refractivity contribution in [3.05, 3.63) is 23.8 Å². The number of carbonyl (C=O) groups is 1.